The van der Waals surface area contributed by atoms with Crippen molar-refractivity contribution in [3.63, 3.8) is 0 Å². The average Bonchev–Trinajstić information content (AvgIpc) is 2.35. The minimum Gasteiger partial charge on any atom is -0.481 e. The summed E-state index contributed by atoms with van der Waals surface area (Å²) in [7, 11) is 1.51. The SMILES string of the molecule is CCCN(CC(=O)NC)C(=O)NC(CC(=O)O)C(C)(C)C. The zero-order valence-corrected chi connectivity index (χ0v) is 13.5. The Labute approximate surface area is 126 Å². The maximum absolute atomic E-state index is 12.3. The molecule has 0 aromatic rings. The van der Waals surface area contributed by atoms with Crippen molar-refractivity contribution in [2.24, 2.45) is 5.41 Å². The molecule has 0 fully saturated rings. The lowest BCUT2D eigenvalue weighted by atomic mass is 9.85. The first-order valence-corrected chi connectivity index (χ1v) is 7.09. The minimum absolute atomic E-state index is 0.0416. The summed E-state index contributed by atoms with van der Waals surface area (Å²) in [6, 6.07) is -0.923. The largest absolute Gasteiger partial charge is 0.481 e. The lowest BCUT2D eigenvalue weighted by Crippen LogP contribution is -2.52. The van der Waals surface area contributed by atoms with E-state index in [1.165, 1.54) is 11.9 Å². The van der Waals surface area contributed by atoms with Gasteiger partial charge in [0.15, 0.2) is 0 Å². The quantitative estimate of drug-likeness (QED) is 0.654. The molecule has 0 aromatic heterocycles. The molecular formula is C14H27N3O4. The second kappa shape index (κ2) is 8.49. The number of carboxylic acids is 1. The van der Waals surface area contributed by atoms with Gasteiger partial charge in [-0.2, -0.15) is 0 Å². The molecule has 1 unspecified atom stereocenters. The van der Waals surface area contributed by atoms with E-state index in [1.807, 2.05) is 27.7 Å². The van der Waals surface area contributed by atoms with Crippen molar-refractivity contribution in [1.82, 2.24) is 15.5 Å². The second-order valence-electron chi connectivity index (χ2n) is 6.06. The number of likely N-dealkylation sites (N-methyl/N-ethyl adjacent to an activating group) is 1. The molecule has 0 saturated carbocycles. The number of carboxylic acid groups (broad SMARTS) is 1. The Morgan fingerprint density at radius 2 is 1.81 bits per heavy atom. The van der Waals surface area contributed by atoms with Crippen LogP contribution in [0.4, 0.5) is 4.79 Å². The summed E-state index contributed by atoms with van der Waals surface area (Å²) in [6.45, 7) is 7.89. The van der Waals surface area contributed by atoms with Crippen LogP contribution in [0.3, 0.4) is 0 Å². The second-order valence-corrected chi connectivity index (χ2v) is 6.06. The predicted molar refractivity (Wildman–Crippen MR) is 80.0 cm³/mol. The Morgan fingerprint density at radius 3 is 2.19 bits per heavy atom. The summed E-state index contributed by atoms with van der Waals surface area (Å²) >= 11 is 0. The Bertz CT molecular complexity index is 377. The third-order valence-electron chi connectivity index (χ3n) is 3.12. The smallest absolute Gasteiger partial charge is 0.318 e. The number of hydrogen-bond acceptors (Lipinski definition) is 3. The van der Waals surface area contributed by atoms with Gasteiger partial charge in [-0.15, -0.1) is 0 Å². The van der Waals surface area contributed by atoms with Gasteiger partial charge in [-0.05, 0) is 11.8 Å². The van der Waals surface area contributed by atoms with E-state index >= 15 is 0 Å². The van der Waals surface area contributed by atoms with Gasteiger partial charge in [0.2, 0.25) is 5.91 Å². The van der Waals surface area contributed by atoms with Crippen LogP contribution in [0, 0.1) is 5.41 Å². The molecule has 7 nitrogen and oxygen atoms in total. The van der Waals surface area contributed by atoms with E-state index in [1.54, 1.807) is 0 Å². The summed E-state index contributed by atoms with van der Waals surface area (Å²) in [6.07, 6.45) is 0.554. The standard InChI is InChI=1S/C14H27N3O4/c1-6-7-17(9-11(18)15-5)13(21)16-10(8-12(19)20)14(2,3)4/h10H,6-9H2,1-5H3,(H,15,18)(H,16,21)(H,19,20). The number of urea groups is 1. The van der Waals surface area contributed by atoms with E-state index in [-0.39, 0.29) is 24.3 Å². The zero-order valence-electron chi connectivity index (χ0n) is 13.5. The van der Waals surface area contributed by atoms with E-state index < -0.39 is 18.0 Å². The topological polar surface area (TPSA) is 98.7 Å². The molecule has 3 amide bonds. The van der Waals surface area contributed by atoms with Crippen LogP contribution >= 0.6 is 0 Å². The fraction of sp³-hybridized carbons (Fsp3) is 0.786. The Kier molecular flexibility index (Phi) is 7.76. The third-order valence-corrected chi connectivity index (χ3v) is 3.12. The van der Waals surface area contributed by atoms with Gasteiger partial charge in [-0.1, -0.05) is 27.7 Å². The van der Waals surface area contributed by atoms with Gasteiger partial charge in [0, 0.05) is 19.6 Å². The molecule has 7 heteroatoms. The molecule has 0 rings (SSSR count). The zero-order chi connectivity index (χ0) is 16.6. The molecule has 1 atom stereocenters. The highest BCUT2D eigenvalue weighted by Crippen LogP contribution is 2.22. The summed E-state index contributed by atoms with van der Waals surface area (Å²) in [4.78, 5) is 36.0. The van der Waals surface area contributed by atoms with Crippen LogP contribution < -0.4 is 10.6 Å². The van der Waals surface area contributed by atoms with Crippen LogP contribution in [-0.2, 0) is 9.59 Å². The van der Waals surface area contributed by atoms with Crippen molar-refractivity contribution < 1.29 is 19.5 Å². The molecule has 0 heterocycles. The van der Waals surface area contributed by atoms with E-state index in [0.29, 0.717) is 13.0 Å². The number of carbonyl (C=O) groups is 3. The molecule has 0 aliphatic rings. The number of rotatable bonds is 7. The maximum atomic E-state index is 12.3. The van der Waals surface area contributed by atoms with Gasteiger partial charge in [-0.25, -0.2) is 4.79 Å². The van der Waals surface area contributed by atoms with Crippen molar-refractivity contribution in [2.75, 3.05) is 20.1 Å². The van der Waals surface area contributed by atoms with Crippen LogP contribution in [0.25, 0.3) is 0 Å². The molecule has 21 heavy (non-hydrogen) atoms. The van der Waals surface area contributed by atoms with Crippen molar-refractivity contribution in [2.45, 2.75) is 46.6 Å². The van der Waals surface area contributed by atoms with Crippen LogP contribution in [0.15, 0.2) is 0 Å². The predicted octanol–water partition coefficient (Wildman–Crippen LogP) is 1.04. The van der Waals surface area contributed by atoms with Gasteiger partial charge in [0.1, 0.15) is 6.54 Å². The summed E-state index contributed by atoms with van der Waals surface area (Å²) < 4.78 is 0. The van der Waals surface area contributed by atoms with E-state index in [4.69, 9.17) is 5.11 Å². The fourth-order valence-corrected chi connectivity index (χ4v) is 1.76. The Balaban J connectivity index is 4.89. The molecular weight excluding hydrogens is 274 g/mol. The van der Waals surface area contributed by atoms with E-state index in [0.717, 1.165) is 0 Å². The van der Waals surface area contributed by atoms with Crippen LogP contribution in [-0.4, -0.2) is 54.1 Å². The van der Waals surface area contributed by atoms with Crippen molar-refractivity contribution in [1.29, 1.82) is 0 Å². The van der Waals surface area contributed by atoms with Gasteiger partial charge < -0.3 is 20.6 Å². The lowest BCUT2D eigenvalue weighted by Gasteiger charge is -2.32. The number of hydrogen-bond donors (Lipinski definition) is 3. The van der Waals surface area contributed by atoms with Crippen LogP contribution in [0.1, 0.15) is 40.5 Å². The molecule has 0 aromatic carbocycles. The first-order chi connectivity index (χ1) is 9.61. The Hall–Kier alpha value is -1.79. The highest BCUT2D eigenvalue weighted by Gasteiger charge is 2.30. The van der Waals surface area contributed by atoms with Crippen molar-refractivity contribution in [3.8, 4) is 0 Å². The molecule has 0 radical (unpaired) electrons. The number of aliphatic carboxylic acids is 1. The van der Waals surface area contributed by atoms with Crippen molar-refractivity contribution in [3.05, 3.63) is 0 Å². The first kappa shape index (κ1) is 19.2. The van der Waals surface area contributed by atoms with E-state index in [2.05, 4.69) is 10.6 Å². The molecule has 0 spiro atoms. The normalized spacial score (nSPS) is 12.4. The van der Waals surface area contributed by atoms with Crippen molar-refractivity contribution >= 4 is 17.9 Å². The molecule has 0 saturated heterocycles. The number of amides is 3. The molecule has 0 aliphatic carbocycles. The van der Waals surface area contributed by atoms with Gasteiger partial charge in [-0.3, -0.25) is 9.59 Å². The van der Waals surface area contributed by atoms with Gasteiger partial charge >= 0.3 is 12.0 Å². The first-order valence-electron chi connectivity index (χ1n) is 7.09. The van der Waals surface area contributed by atoms with E-state index in [9.17, 15) is 14.4 Å². The summed E-state index contributed by atoms with van der Waals surface area (Å²) in [5, 5.41) is 14.2. The third kappa shape index (κ3) is 7.53. The highest BCUT2D eigenvalue weighted by atomic mass is 16.4. The maximum Gasteiger partial charge on any atom is 0.318 e. The van der Waals surface area contributed by atoms with Gasteiger partial charge in [0.05, 0.1) is 6.42 Å². The Morgan fingerprint density at radius 1 is 1.24 bits per heavy atom. The summed E-state index contributed by atoms with van der Waals surface area (Å²) in [5.74, 6) is -1.23. The van der Waals surface area contributed by atoms with Crippen LogP contribution in [0.5, 0.6) is 0 Å². The number of nitrogens with one attached hydrogen (secondary N) is 2. The monoisotopic (exact) mass is 301 g/mol. The molecule has 0 aliphatic heterocycles. The fourth-order valence-electron chi connectivity index (χ4n) is 1.76. The minimum atomic E-state index is -0.969. The lowest BCUT2D eigenvalue weighted by molar-refractivity contribution is -0.138. The number of nitrogens with zero attached hydrogens (tertiary/aromatic N) is 1. The summed E-state index contributed by atoms with van der Waals surface area (Å²) in [5.41, 5.74) is -0.390. The average molecular weight is 301 g/mol. The highest BCUT2D eigenvalue weighted by molar-refractivity contribution is 5.84. The molecule has 122 valence electrons. The number of carbonyl (C=O) groups excluding carboxylic acids is 2. The molecule has 3 N–H and O–H groups in total. The molecule has 0 bridgehead atoms. The van der Waals surface area contributed by atoms with Gasteiger partial charge in [0.25, 0.3) is 0 Å². The van der Waals surface area contributed by atoms with Crippen LogP contribution in [0.2, 0.25) is 0 Å².